The average Bonchev–Trinajstić information content (AvgIpc) is 2.25. The van der Waals surface area contributed by atoms with Gasteiger partial charge < -0.3 is 10.0 Å². The Bertz CT molecular complexity index is 400. The second-order valence-corrected chi connectivity index (χ2v) is 6.77. The van der Waals surface area contributed by atoms with Crippen LogP contribution in [0.4, 0.5) is 0 Å². The summed E-state index contributed by atoms with van der Waals surface area (Å²) < 4.78 is 1.03. The van der Waals surface area contributed by atoms with E-state index >= 15 is 0 Å². The molecule has 0 aliphatic heterocycles. The third kappa shape index (κ3) is 5.89. The van der Waals surface area contributed by atoms with E-state index in [1.165, 1.54) is 11.8 Å². The molecular weight excluding hydrogens is 314 g/mol. The third-order valence-electron chi connectivity index (χ3n) is 2.23. The maximum atomic E-state index is 11.8. The fraction of sp³-hybridized carbons (Fsp3) is 0.462. The van der Waals surface area contributed by atoms with Crippen molar-refractivity contribution in [3.05, 3.63) is 28.7 Å². The van der Waals surface area contributed by atoms with Gasteiger partial charge in [0.2, 0.25) is 5.91 Å². The Morgan fingerprint density at radius 2 is 1.94 bits per heavy atom. The zero-order valence-electron chi connectivity index (χ0n) is 10.8. The minimum atomic E-state index is -0.854. The third-order valence-corrected chi connectivity index (χ3v) is 3.75. The van der Waals surface area contributed by atoms with Crippen LogP contribution in [-0.2, 0) is 4.79 Å². The van der Waals surface area contributed by atoms with Gasteiger partial charge in [-0.25, -0.2) is 0 Å². The topological polar surface area (TPSA) is 40.5 Å². The quantitative estimate of drug-likeness (QED) is 0.843. The van der Waals surface area contributed by atoms with Crippen LogP contribution >= 0.6 is 27.7 Å². The van der Waals surface area contributed by atoms with E-state index < -0.39 is 5.60 Å². The first-order valence-corrected chi connectivity index (χ1v) is 7.40. The molecule has 100 valence electrons. The van der Waals surface area contributed by atoms with Crippen molar-refractivity contribution in [2.75, 3.05) is 19.3 Å². The fourth-order valence-electron chi connectivity index (χ4n) is 1.45. The van der Waals surface area contributed by atoms with Crippen molar-refractivity contribution in [2.45, 2.75) is 24.3 Å². The average molecular weight is 332 g/mol. The zero-order valence-corrected chi connectivity index (χ0v) is 13.2. The van der Waals surface area contributed by atoms with E-state index in [0.717, 1.165) is 9.37 Å². The van der Waals surface area contributed by atoms with Gasteiger partial charge in [-0.15, -0.1) is 11.8 Å². The second-order valence-electron chi connectivity index (χ2n) is 4.80. The van der Waals surface area contributed by atoms with E-state index in [4.69, 9.17) is 0 Å². The van der Waals surface area contributed by atoms with E-state index in [-0.39, 0.29) is 5.91 Å². The van der Waals surface area contributed by atoms with Gasteiger partial charge in [-0.1, -0.05) is 15.9 Å². The minimum absolute atomic E-state index is 0.0186. The van der Waals surface area contributed by atoms with Gasteiger partial charge in [0.25, 0.3) is 0 Å². The number of rotatable bonds is 5. The lowest BCUT2D eigenvalue weighted by molar-refractivity contribution is -0.129. The molecule has 0 spiro atoms. The molecule has 3 nitrogen and oxygen atoms in total. The smallest absolute Gasteiger partial charge is 0.232 e. The van der Waals surface area contributed by atoms with E-state index in [1.807, 2.05) is 24.3 Å². The summed E-state index contributed by atoms with van der Waals surface area (Å²) in [5.41, 5.74) is -0.854. The summed E-state index contributed by atoms with van der Waals surface area (Å²) in [6.45, 7) is 3.73. The standard InChI is InChI=1S/C13H18BrNO2S/c1-13(2,17)9-15(3)12(16)8-18-11-6-4-10(14)5-7-11/h4-7,17H,8-9H2,1-3H3. The molecule has 0 aliphatic rings. The highest BCUT2D eigenvalue weighted by Gasteiger charge is 2.19. The predicted molar refractivity (Wildman–Crippen MR) is 78.8 cm³/mol. The van der Waals surface area contributed by atoms with Crippen molar-refractivity contribution >= 4 is 33.6 Å². The van der Waals surface area contributed by atoms with Crippen LogP contribution in [0.1, 0.15) is 13.8 Å². The summed E-state index contributed by atoms with van der Waals surface area (Å²) in [4.78, 5) is 14.5. The number of hydrogen-bond acceptors (Lipinski definition) is 3. The lowest BCUT2D eigenvalue weighted by atomic mass is 10.1. The van der Waals surface area contributed by atoms with Crippen molar-refractivity contribution in [1.82, 2.24) is 4.90 Å². The number of thioether (sulfide) groups is 1. The van der Waals surface area contributed by atoms with Crippen LogP contribution in [-0.4, -0.2) is 40.9 Å². The molecule has 0 fully saturated rings. The molecule has 0 aliphatic carbocycles. The maximum Gasteiger partial charge on any atom is 0.232 e. The van der Waals surface area contributed by atoms with Gasteiger partial charge in [-0.2, -0.15) is 0 Å². The summed E-state index contributed by atoms with van der Waals surface area (Å²) in [7, 11) is 1.71. The summed E-state index contributed by atoms with van der Waals surface area (Å²) in [5.74, 6) is 0.402. The van der Waals surface area contributed by atoms with Gasteiger partial charge in [0.05, 0.1) is 11.4 Å². The van der Waals surface area contributed by atoms with Crippen LogP contribution in [0.2, 0.25) is 0 Å². The highest BCUT2D eigenvalue weighted by atomic mass is 79.9. The molecule has 0 unspecified atom stereocenters. The Hall–Kier alpha value is -0.520. The zero-order chi connectivity index (χ0) is 13.8. The van der Waals surface area contributed by atoms with E-state index in [9.17, 15) is 9.90 Å². The minimum Gasteiger partial charge on any atom is -0.389 e. The predicted octanol–water partition coefficient (Wildman–Crippen LogP) is 2.77. The summed E-state index contributed by atoms with van der Waals surface area (Å²) in [6.07, 6.45) is 0. The number of nitrogens with zero attached hydrogens (tertiary/aromatic N) is 1. The molecule has 1 amide bonds. The Morgan fingerprint density at radius 1 is 1.39 bits per heavy atom. The molecule has 0 radical (unpaired) electrons. The summed E-state index contributed by atoms with van der Waals surface area (Å²) in [5, 5.41) is 9.65. The number of amides is 1. The SMILES string of the molecule is CN(CC(C)(C)O)C(=O)CSc1ccc(Br)cc1. The molecule has 1 rings (SSSR count). The van der Waals surface area contributed by atoms with E-state index in [1.54, 1.807) is 25.8 Å². The van der Waals surface area contributed by atoms with Crippen LogP contribution < -0.4 is 0 Å². The number of benzene rings is 1. The Balaban J connectivity index is 2.43. The van der Waals surface area contributed by atoms with Gasteiger partial charge in [-0.3, -0.25) is 4.79 Å². The van der Waals surface area contributed by atoms with Crippen molar-refractivity contribution in [1.29, 1.82) is 0 Å². The lowest BCUT2D eigenvalue weighted by Crippen LogP contribution is -2.40. The molecule has 0 atom stereocenters. The lowest BCUT2D eigenvalue weighted by Gasteiger charge is -2.25. The molecule has 0 aromatic heterocycles. The summed E-state index contributed by atoms with van der Waals surface area (Å²) >= 11 is 4.87. The first-order valence-electron chi connectivity index (χ1n) is 5.63. The maximum absolute atomic E-state index is 11.8. The first kappa shape index (κ1) is 15.5. The van der Waals surface area contributed by atoms with Crippen LogP contribution in [0.25, 0.3) is 0 Å². The van der Waals surface area contributed by atoms with E-state index in [0.29, 0.717) is 12.3 Å². The molecule has 0 saturated heterocycles. The molecule has 0 bridgehead atoms. The highest BCUT2D eigenvalue weighted by Crippen LogP contribution is 2.21. The van der Waals surface area contributed by atoms with Gasteiger partial charge in [0.15, 0.2) is 0 Å². The molecule has 18 heavy (non-hydrogen) atoms. The highest BCUT2D eigenvalue weighted by molar-refractivity contribution is 9.10. The van der Waals surface area contributed by atoms with Gasteiger partial charge in [-0.05, 0) is 38.1 Å². The van der Waals surface area contributed by atoms with Crippen LogP contribution in [0.3, 0.4) is 0 Å². The van der Waals surface area contributed by atoms with Gasteiger partial charge in [0, 0.05) is 23.0 Å². The van der Waals surface area contributed by atoms with E-state index in [2.05, 4.69) is 15.9 Å². The number of halogens is 1. The van der Waals surface area contributed by atoms with Gasteiger partial charge in [0.1, 0.15) is 0 Å². The fourth-order valence-corrected chi connectivity index (χ4v) is 2.56. The molecule has 5 heteroatoms. The summed E-state index contributed by atoms with van der Waals surface area (Å²) in [6, 6.07) is 7.84. The van der Waals surface area contributed by atoms with Crippen molar-refractivity contribution in [3.63, 3.8) is 0 Å². The largest absolute Gasteiger partial charge is 0.389 e. The number of carbonyl (C=O) groups is 1. The van der Waals surface area contributed by atoms with Crippen molar-refractivity contribution in [2.24, 2.45) is 0 Å². The van der Waals surface area contributed by atoms with Crippen LogP contribution in [0.5, 0.6) is 0 Å². The monoisotopic (exact) mass is 331 g/mol. The Kier molecular flexibility index (Phi) is 5.69. The number of aliphatic hydroxyl groups is 1. The van der Waals surface area contributed by atoms with Crippen molar-refractivity contribution in [3.8, 4) is 0 Å². The molecular formula is C13H18BrNO2S. The van der Waals surface area contributed by atoms with Gasteiger partial charge >= 0.3 is 0 Å². The van der Waals surface area contributed by atoms with Crippen LogP contribution in [0, 0.1) is 0 Å². The number of carbonyl (C=O) groups excluding carboxylic acids is 1. The Labute approximate surface area is 121 Å². The molecule has 1 N–H and O–H groups in total. The first-order chi connectivity index (χ1) is 8.28. The second kappa shape index (κ2) is 6.59. The Morgan fingerprint density at radius 3 is 2.44 bits per heavy atom. The van der Waals surface area contributed by atoms with Crippen molar-refractivity contribution < 1.29 is 9.90 Å². The number of hydrogen-bond donors (Lipinski definition) is 1. The molecule has 1 aromatic carbocycles. The van der Waals surface area contributed by atoms with Crippen LogP contribution in [0.15, 0.2) is 33.6 Å². The normalized spacial score (nSPS) is 11.4. The molecule has 0 saturated carbocycles. The number of likely N-dealkylation sites (N-methyl/N-ethyl adjacent to an activating group) is 1. The molecule has 0 heterocycles. The molecule has 1 aromatic rings.